The molecule has 0 spiro atoms. The molecule has 0 aliphatic heterocycles. The maximum absolute atomic E-state index is 13.6. The standard InChI is InChI=1S/C23H21N5O4/c1-12-10-16-19(22(24-12)31-4)26-21(32-16)18-15(11-30-3)25-20-17(14-8-6-5-7-9-14)13(2)27-28(20)23(18)29/h5-10,27H,11H2,1-4H3. The van der Waals surface area contributed by atoms with Gasteiger partial charge in [0.1, 0.15) is 5.56 Å². The van der Waals surface area contributed by atoms with Crippen LogP contribution in [0.4, 0.5) is 0 Å². The van der Waals surface area contributed by atoms with Crippen molar-refractivity contribution in [1.29, 1.82) is 0 Å². The minimum atomic E-state index is -0.331. The fourth-order valence-electron chi connectivity index (χ4n) is 3.90. The molecule has 1 aromatic carbocycles. The van der Waals surface area contributed by atoms with Gasteiger partial charge in [0.05, 0.1) is 19.4 Å². The van der Waals surface area contributed by atoms with Gasteiger partial charge in [-0.3, -0.25) is 9.89 Å². The van der Waals surface area contributed by atoms with E-state index in [2.05, 4.69) is 15.1 Å². The summed E-state index contributed by atoms with van der Waals surface area (Å²) in [7, 11) is 3.07. The summed E-state index contributed by atoms with van der Waals surface area (Å²) in [6, 6.07) is 11.6. The lowest BCUT2D eigenvalue weighted by atomic mass is 10.1. The first kappa shape index (κ1) is 20.0. The molecule has 0 bridgehead atoms. The van der Waals surface area contributed by atoms with E-state index in [0.29, 0.717) is 34.0 Å². The predicted molar refractivity (Wildman–Crippen MR) is 119 cm³/mol. The van der Waals surface area contributed by atoms with Gasteiger partial charge in [-0.2, -0.15) is 0 Å². The maximum atomic E-state index is 13.6. The van der Waals surface area contributed by atoms with Crippen molar-refractivity contribution in [3.8, 4) is 28.5 Å². The molecule has 0 radical (unpaired) electrons. The summed E-state index contributed by atoms with van der Waals surface area (Å²) in [6.07, 6.45) is 0. The summed E-state index contributed by atoms with van der Waals surface area (Å²) in [5.41, 5.74) is 5.10. The van der Waals surface area contributed by atoms with Gasteiger partial charge in [-0.15, -0.1) is 0 Å². The summed E-state index contributed by atoms with van der Waals surface area (Å²) >= 11 is 0. The number of H-pyrrole nitrogens is 1. The molecule has 9 nitrogen and oxygen atoms in total. The average molecular weight is 431 g/mol. The van der Waals surface area contributed by atoms with Crippen molar-refractivity contribution in [2.24, 2.45) is 0 Å². The van der Waals surface area contributed by atoms with E-state index >= 15 is 0 Å². The highest BCUT2D eigenvalue weighted by molar-refractivity contribution is 5.83. The zero-order valence-electron chi connectivity index (χ0n) is 18.1. The SMILES string of the molecule is COCc1nc2c(-c3ccccc3)c(C)[nH]n2c(=O)c1-c1nc2c(OC)nc(C)cc2o1. The molecule has 0 unspecified atom stereocenters. The molecule has 162 valence electrons. The molecule has 4 aromatic heterocycles. The van der Waals surface area contributed by atoms with Gasteiger partial charge in [-0.25, -0.2) is 19.5 Å². The van der Waals surface area contributed by atoms with Crippen molar-refractivity contribution < 1.29 is 13.9 Å². The zero-order chi connectivity index (χ0) is 22.4. The highest BCUT2D eigenvalue weighted by Crippen LogP contribution is 2.31. The molecule has 5 aromatic rings. The fraction of sp³-hybridized carbons (Fsp3) is 0.217. The maximum Gasteiger partial charge on any atom is 0.285 e. The van der Waals surface area contributed by atoms with E-state index in [9.17, 15) is 4.79 Å². The van der Waals surface area contributed by atoms with Gasteiger partial charge in [0.2, 0.25) is 11.8 Å². The number of oxazole rings is 1. The minimum Gasteiger partial charge on any atom is -0.479 e. The molecule has 1 N–H and O–H groups in total. The number of hydrogen-bond acceptors (Lipinski definition) is 7. The predicted octanol–water partition coefficient (Wildman–Crippen LogP) is 3.66. The van der Waals surface area contributed by atoms with E-state index < -0.39 is 0 Å². The number of pyridine rings is 1. The summed E-state index contributed by atoms with van der Waals surface area (Å²) < 4.78 is 18.1. The second kappa shape index (κ2) is 7.61. The number of aromatic amines is 1. The van der Waals surface area contributed by atoms with Gasteiger partial charge in [0.25, 0.3) is 5.56 Å². The molecule has 0 aliphatic carbocycles. The van der Waals surface area contributed by atoms with Crippen LogP contribution in [0.1, 0.15) is 17.1 Å². The fourth-order valence-corrected chi connectivity index (χ4v) is 3.90. The number of rotatable bonds is 5. The number of benzene rings is 1. The number of hydrogen-bond donors (Lipinski definition) is 1. The van der Waals surface area contributed by atoms with E-state index in [0.717, 1.165) is 16.8 Å². The van der Waals surface area contributed by atoms with Crippen molar-refractivity contribution in [3.63, 3.8) is 0 Å². The number of methoxy groups -OCH3 is 2. The third-order valence-electron chi connectivity index (χ3n) is 5.26. The summed E-state index contributed by atoms with van der Waals surface area (Å²) in [5, 5.41) is 3.13. The van der Waals surface area contributed by atoms with Crippen LogP contribution in [-0.4, -0.2) is 38.8 Å². The second-order valence-corrected chi connectivity index (χ2v) is 7.45. The number of aromatic nitrogens is 5. The summed E-state index contributed by atoms with van der Waals surface area (Å²) in [5.74, 6) is 0.470. The van der Waals surface area contributed by atoms with Crippen molar-refractivity contribution in [2.75, 3.05) is 14.2 Å². The van der Waals surface area contributed by atoms with Gasteiger partial charge in [-0.05, 0) is 19.4 Å². The molecule has 0 atom stereocenters. The Labute approximate surface area is 182 Å². The Morgan fingerprint density at radius 2 is 1.84 bits per heavy atom. The van der Waals surface area contributed by atoms with Gasteiger partial charge in [-0.1, -0.05) is 30.3 Å². The molecule has 0 amide bonds. The molecule has 9 heteroatoms. The van der Waals surface area contributed by atoms with Crippen LogP contribution in [0.5, 0.6) is 5.88 Å². The van der Waals surface area contributed by atoms with Crippen LogP contribution in [0.2, 0.25) is 0 Å². The van der Waals surface area contributed by atoms with Crippen molar-refractivity contribution >= 4 is 16.7 Å². The van der Waals surface area contributed by atoms with Gasteiger partial charge in [0.15, 0.2) is 16.7 Å². The average Bonchev–Trinajstić information content (AvgIpc) is 3.34. The van der Waals surface area contributed by atoms with Crippen LogP contribution in [0.25, 0.3) is 39.3 Å². The third-order valence-corrected chi connectivity index (χ3v) is 5.26. The number of ether oxygens (including phenoxy) is 2. The lowest BCUT2D eigenvalue weighted by molar-refractivity contribution is 0.182. The quantitative estimate of drug-likeness (QED) is 0.452. The van der Waals surface area contributed by atoms with Crippen LogP contribution < -0.4 is 10.3 Å². The Balaban J connectivity index is 1.81. The zero-order valence-corrected chi connectivity index (χ0v) is 18.1. The first-order chi connectivity index (χ1) is 15.5. The molecule has 0 fully saturated rings. The number of nitrogens with one attached hydrogen (secondary N) is 1. The van der Waals surface area contributed by atoms with Crippen LogP contribution in [0.3, 0.4) is 0 Å². The number of aryl methyl sites for hydroxylation is 2. The van der Waals surface area contributed by atoms with Crippen molar-refractivity contribution in [2.45, 2.75) is 20.5 Å². The van der Waals surface area contributed by atoms with Gasteiger partial charge in [0, 0.05) is 30.1 Å². The van der Waals surface area contributed by atoms with Crippen LogP contribution >= 0.6 is 0 Å². The van der Waals surface area contributed by atoms with E-state index in [1.807, 2.05) is 44.2 Å². The lowest BCUT2D eigenvalue weighted by Gasteiger charge is -2.06. The van der Waals surface area contributed by atoms with E-state index in [4.69, 9.17) is 18.9 Å². The van der Waals surface area contributed by atoms with Crippen LogP contribution in [0.15, 0.2) is 45.6 Å². The van der Waals surface area contributed by atoms with Gasteiger partial charge < -0.3 is 13.9 Å². The van der Waals surface area contributed by atoms with Crippen molar-refractivity contribution in [3.05, 3.63) is 63.8 Å². The summed E-state index contributed by atoms with van der Waals surface area (Å²) in [6.45, 7) is 3.85. The molecular weight excluding hydrogens is 410 g/mol. The first-order valence-corrected chi connectivity index (χ1v) is 10.0. The molecule has 5 rings (SSSR count). The van der Waals surface area contributed by atoms with E-state index in [-0.39, 0.29) is 23.6 Å². The number of nitrogens with zero attached hydrogens (tertiary/aromatic N) is 4. The first-order valence-electron chi connectivity index (χ1n) is 10.0. The molecule has 0 saturated heterocycles. The molecule has 0 saturated carbocycles. The highest BCUT2D eigenvalue weighted by Gasteiger charge is 2.24. The van der Waals surface area contributed by atoms with Crippen LogP contribution in [-0.2, 0) is 11.3 Å². The minimum absolute atomic E-state index is 0.118. The normalized spacial score (nSPS) is 11.5. The lowest BCUT2D eigenvalue weighted by Crippen LogP contribution is -2.20. The smallest absolute Gasteiger partial charge is 0.285 e. The Morgan fingerprint density at radius 3 is 2.56 bits per heavy atom. The Bertz CT molecular complexity index is 1520. The van der Waals surface area contributed by atoms with E-state index in [1.165, 1.54) is 11.6 Å². The Kier molecular flexibility index (Phi) is 4.75. The molecule has 32 heavy (non-hydrogen) atoms. The van der Waals surface area contributed by atoms with Gasteiger partial charge >= 0.3 is 0 Å². The molecular formula is C23H21N5O4. The Morgan fingerprint density at radius 1 is 1.06 bits per heavy atom. The third kappa shape index (κ3) is 3.05. The summed E-state index contributed by atoms with van der Waals surface area (Å²) in [4.78, 5) is 27.2. The van der Waals surface area contributed by atoms with Crippen molar-refractivity contribution in [1.82, 2.24) is 24.6 Å². The van der Waals surface area contributed by atoms with Crippen LogP contribution in [0, 0.1) is 13.8 Å². The Hall–Kier alpha value is -3.98. The topological polar surface area (TPSA) is 108 Å². The second-order valence-electron chi connectivity index (χ2n) is 7.45. The highest BCUT2D eigenvalue weighted by atomic mass is 16.5. The molecule has 4 heterocycles. The van der Waals surface area contributed by atoms with E-state index in [1.54, 1.807) is 13.2 Å². The number of fused-ring (bicyclic) bond motifs is 2. The molecule has 0 aliphatic rings. The monoisotopic (exact) mass is 431 g/mol. The largest absolute Gasteiger partial charge is 0.479 e.